The molecule has 1 aliphatic rings. The zero-order chi connectivity index (χ0) is 16.8. The molecule has 0 spiro atoms. The van der Waals surface area contributed by atoms with Crippen LogP contribution in [-0.4, -0.2) is 41.2 Å². The van der Waals surface area contributed by atoms with Crippen LogP contribution >= 0.6 is 0 Å². The maximum Gasteiger partial charge on any atom is 0.275 e. The molecule has 3 aromatic heterocycles. The number of hydrogen-bond donors (Lipinski definition) is 0. The number of nitrogens with zero attached hydrogens (tertiary/aromatic N) is 6. The second-order valence-corrected chi connectivity index (χ2v) is 6.39. The molecule has 0 bridgehead atoms. The number of aromatic nitrogens is 5. The predicted octanol–water partition coefficient (Wildman–Crippen LogP) is 1.88. The Morgan fingerprint density at radius 2 is 2.12 bits per heavy atom. The molecule has 1 fully saturated rings. The van der Waals surface area contributed by atoms with Crippen molar-refractivity contribution in [2.75, 3.05) is 0 Å². The van der Waals surface area contributed by atoms with Crippen LogP contribution in [0.2, 0.25) is 0 Å². The normalized spacial score (nSPS) is 14.3. The van der Waals surface area contributed by atoms with Crippen LogP contribution in [0.1, 0.15) is 40.3 Å². The zero-order valence-electron chi connectivity index (χ0n) is 14.1. The van der Waals surface area contributed by atoms with Gasteiger partial charge in [-0.15, -0.1) is 0 Å². The average Bonchev–Trinajstić information content (AvgIpc) is 3.26. The molecular formula is C17H20N6O. The Hall–Kier alpha value is -2.70. The molecule has 0 radical (unpaired) electrons. The summed E-state index contributed by atoms with van der Waals surface area (Å²) in [5, 5.41) is 8.84. The molecule has 0 atom stereocenters. The fraction of sp³-hybridized carbons (Fsp3) is 0.412. The van der Waals surface area contributed by atoms with Crippen molar-refractivity contribution in [1.29, 1.82) is 0 Å². The van der Waals surface area contributed by atoms with Gasteiger partial charge in [0.15, 0.2) is 11.3 Å². The maximum atomic E-state index is 13.0. The van der Waals surface area contributed by atoms with Crippen molar-refractivity contribution in [2.24, 2.45) is 7.05 Å². The lowest BCUT2D eigenvalue weighted by Crippen LogP contribution is -2.33. The summed E-state index contributed by atoms with van der Waals surface area (Å²) in [4.78, 5) is 19.2. The van der Waals surface area contributed by atoms with Gasteiger partial charge in [-0.3, -0.25) is 9.48 Å². The van der Waals surface area contributed by atoms with Gasteiger partial charge >= 0.3 is 0 Å². The van der Waals surface area contributed by atoms with E-state index < -0.39 is 0 Å². The molecule has 124 valence electrons. The third-order valence-corrected chi connectivity index (χ3v) is 4.69. The fourth-order valence-electron chi connectivity index (χ4n) is 3.05. The molecule has 1 amide bonds. The fourth-order valence-corrected chi connectivity index (χ4v) is 3.05. The molecule has 3 heterocycles. The average molecular weight is 324 g/mol. The summed E-state index contributed by atoms with van der Waals surface area (Å²) < 4.78 is 3.51. The quantitative estimate of drug-likeness (QED) is 0.735. The van der Waals surface area contributed by atoms with Crippen LogP contribution in [0.5, 0.6) is 0 Å². The molecule has 0 saturated heterocycles. The first-order valence-electron chi connectivity index (χ1n) is 8.15. The monoisotopic (exact) mass is 324 g/mol. The first-order valence-corrected chi connectivity index (χ1v) is 8.15. The summed E-state index contributed by atoms with van der Waals surface area (Å²) in [6.07, 6.45) is 5.60. The Kier molecular flexibility index (Phi) is 3.37. The Bertz CT molecular complexity index is 887. The highest BCUT2D eigenvalue weighted by Gasteiger charge is 2.35. The Labute approximate surface area is 139 Å². The molecule has 3 aromatic rings. The lowest BCUT2D eigenvalue weighted by molar-refractivity contribution is 0.0723. The third-order valence-electron chi connectivity index (χ3n) is 4.69. The number of rotatable bonds is 4. The van der Waals surface area contributed by atoms with Gasteiger partial charge in [-0.2, -0.15) is 10.2 Å². The number of carbonyl (C=O) groups excluding carboxylic acids is 1. The Morgan fingerprint density at radius 1 is 1.33 bits per heavy atom. The van der Waals surface area contributed by atoms with Crippen molar-refractivity contribution in [2.45, 2.75) is 39.3 Å². The van der Waals surface area contributed by atoms with Gasteiger partial charge in [0.05, 0.1) is 5.69 Å². The van der Waals surface area contributed by atoms with E-state index in [1.165, 1.54) is 0 Å². The first kappa shape index (κ1) is 14.9. The minimum atomic E-state index is -0.0364. The number of aryl methyl sites for hydroxylation is 2. The second kappa shape index (κ2) is 5.43. The van der Waals surface area contributed by atoms with Gasteiger partial charge in [0.25, 0.3) is 5.91 Å². The van der Waals surface area contributed by atoms with Crippen LogP contribution in [0.25, 0.3) is 5.65 Å². The molecule has 1 aliphatic carbocycles. The van der Waals surface area contributed by atoms with Crippen LogP contribution in [0.4, 0.5) is 0 Å². The van der Waals surface area contributed by atoms with Crippen LogP contribution in [0, 0.1) is 13.8 Å². The van der Waals surface area contributed by atoms with Crippen LogP contribution < -0.4 is 0 Å². The summed E-state index contributed by atoms with van der Waals surface area (Å²) in [6, 6.07) is 3.85. The standard InChI is InChI=1S/C17H20N6O/c1-11-14(12(2)21(3)19-11)10-22(13-5-6-13)17(24)15-9-16-18-7-4-8-23(16)20-15/h4,7-9,13H,5-6,10H2,1-3H3. The molecule has 0 aliphatic heterocycles. The predicted molar refractivity (Wildman–Crippen MR) is 88.6 cm³/mol. The van der Waals surface area contributed by atoms with E-state index in [2.05, 4.69) is 15.2 Å². The van der Waals surface area contributed by atoms with Crippen molar-refractivity contribution in [3.8, 4) is 0 Å². The summed E-state index contributed by atoms with van der Waals surface area (Å²) in [6.45, 7) is 4.61. The van der Waals surface area contributed by atoms with Crippen molar-refractivity contribution in [3.63, 3.8) is 0 Å². The van der Waals surface area contributed by atoms with Crippen molar-refractivity contribution in [1.82, 2.24) is 29.3 Å². The van der Waals surface area contributed by atoms with Gasteiger partial charge < -0.3 is 4.90 Å². The highest BCUT2D eigenvalue weighted by atomic mass is 16.2. The van der Waals surface area contributed by atoms with E-state index in [0.29, 0.717) is 23.9 Å². The first-order chi connectivity index (χ1) is 11.5. The van der Waals surface area contributed by atoms with Gasteiger partial charge in [0.1, 0.15) is 0 Å². The van der Waals surface area contributed by atoms with E-state index in [0.717, 1.165) is 29.8 Å². The molecule has 0 N–H and O–H groups in total. The topological polar surface area (TPSA) is 68.3 Å². The third kappa shape index (κ3) is 2.46. The van der Waals surface area contributed by atoms with Crippen LogP contribution in [0.3, 0.4) is 0 Å². The van der Waals surface area contributed by atoms with Crippen molar-refractivity contribution >= 4 is 11.6 Å². The van der Waals surface area contributed by atoms with Crippen molar-refractivity contribution < 1.29 is 4.79 Å². The minimum absolute atomic E-state index is 0.0364. The Morgan fingerprint density at radius 3 is 2.75 bits per heavy atom. The van der Waals surface area contributed by atoms with Gasteiger partial charge in [-0.25, -0.2) is 9.50 Å². The summed E-state index contributed by atoms with van der Waals surface area (Å²) in [5.41, 5.74) is 4.33. The van der Waals surface area contributed by atoms with E-state index in [-0.39, 0.29) is 5.91 Å². The lowest BCUT2D eigenvalue weighted by atomic mass is 10.1. The molecule has 1 saturated carbocycles. The minimum Gasteiger partial charge on any atom is -0.330 e. The van der Waals surface area contributed by atoms with E-state index in [4.69, 9.17) is 0 Å². The number of hydrogen-bond acceptors (Lipinski definition) is 4. The van der Waals surface area contributed by atoms with E-state index in [9.17, 15) is 4.79 Å². The molecule has 7 heteroatoms. The van der Waals surface area contributed by atoms with Gasteiger partial charge in [-0.05, 0) is 32.8 Å². The molecule has 24 heavy (non-hydrogen) atoms. The number of amides is 1. The van der Waals surface area contributed by atoms with Crippen LogP contribution in [0.15, 0.2) is 24.5 Å². The Balaban J connectivity index is 1.66. The zero-order valence-corrected chi connectivity index (χ0v) is 14.1. The summed E-state index contributed by atoms with van der Waals surface area (Å²) in [7, 11) is 1.93. The number of carbonyl (C=O) groups is 1. The highest BCUT2D eigenvalue weighted by molar-refractivity contribution is 5.93. The van der Waals surface area contributed by atoms with E-state index in [1.54, 1.807) is 29.0 Å². The largest absolute Gasteiger partial charge is 0.330 e. The molecular weight excluding hydrogens is 304 g/mol. The molecule has 0 unspecified atom stereocenters. The number of fused-ring (bicyclic) bond motifs is 1. The molecule has 4 rings (SSSR count). The summed E-state index contributed by atoms with van der Waals surface area (Å²) in [5.74, 6) is -0.0364. The van der Waals surface area contributed by atoms with Gasteiger partial charge in [0.2, 0.25) is 0 Å². The van der Waals surface area contributed by atoms with Crippen molar-refractivity contribution in [3.05, 3.63) is 47.2 Å². The molecule has 0 aromatic carbocycles. The summed E-state index contributed by atoms with van der Waals surface area (Å²) >= 11 is 0. The highest BCUT2D eigenvalue weighted by Crippen LogP contribution is 2.30. The van der Waals surface area contributed by atoms with E-state index >= 15 is 0 Å². The second-order valence-electron chi connectivity index (χ2n) is 6.39. The molecule has 7 nitrogen and oxygen atoms in total. The SMILES string of the molecule is Cc1nn(C)c(C)c1CN(C(=O)c1cc2ncccn2n1)C1CC1. The van der Waals surface area contributed by atoms with Gasteiger partial charge in [0, 0.05) is 49.4 Å². The smallest absolute Gasteiger partial charge is 0.275 e. The maximum absolute atomic E-state index is 13.0. The lowest BCUT2D eigenvalue weighted by Gasteiger charge is -2.21. The van der Waals surface area contributed by atoms with Gasteiger partial charge in [-0.1, -0.05) is 0 Å². The van der Waals surface area contributed by atoms with Crippen LogP contribution in [-0.2, 0) is 13.6 Å². The van der Waals surface area contributed by atoms with E-state index in [1.807, 2.05) is 30.5 Å².